The van der Waals surface area contributed by atoms with Crippen molar-refractivity contribution in [2.75, 3.05) is 0 Å². The van der Waals surface area contributed by atoms with Gasteiger partial charge in [0.15, 0.2) is 11.0 Å². The maximum absolute atomic E-state index is 14.2. The summed E-state index contributed by atoms with van der Waals surface area (Å²) in [6.07, 6.45) is 2.22. The minimum absolute atomic E-state index is 0.248. The lowest BCUT2D eigenvalue weighted by atomic mass is 10.2. The molecule has 1 aromatic heterocycles. The molecule has 0 radical (unpaired) electrons. The van der Waals surface area contributed by atoms with Crippen molar-refractivity contribution < 1.29 is 4.39 Å². The smallest absolute Gasteiger partial charge is 0.192 e. The maximum atomic E-state index is 14.2. The van der Waals surface area contributed by atoms with E-state index in [2.05, 4.69) is 46.0 Å². The Morgan fingerprint density at radius 2 is 1.96 bits per heavy atom. The van der Waals surface area contributed by atoms with Crippen molar-refractivity contribution in [1.29, 1.82) is 0 Å². The predicted octanol–water partition coefficient (Wildman–Crippen LogP) is 5.02. The number of aryl methyl sites for hydroxylation is 1. The normalized spacial score (nSPS) is 14.1. The minimum Gasteiger partial charge on any atom is -0.299 e. The molecule has 1 aliphatic carbocycles. The summed E-state index contributed by atoms with van der Waals surface area (Å²) in [6, 6.07) is 15.6. The number of aromatic nitrogens is 3. The Bertz CT molecular complexity index is 871. The van der Waals surface area contributed by atoms with Gasteiger partial charge >= 0.3 is 0 Å². The van der Waals surface area contributed by atoms with Gasteiger partial charge in [-0.05, 0) is 37.5 Å². The zero-order valence-corrected chi connectivity index (χ0v) is 14.3. The Hall–Kier alpha value is -2.14. The fourth-order valence-corrected chi connectivity index (χ4v) is 3.76. The Balaban J connectivity index is 1.64. The number of halogens is 1. The van der Waals surface area contributed by atoms with Crippen molar-refractivity contribution in [1.82, 2.24) is 14.8 Å². The van der Waals surface area contributed by atoms with Crippen LogP contribution < -0.4 is 0 Å². The molecule has 4 rings (SSSR count). The van der Waals surface area contributed by atoms with Crippen molar-refractivity contribution in [3.8, 4) is 11.4 Å². The van der Waals surface area contributed by atoms with Crippen LogP contribution >= 0.6 is 11.8 Å². The Morgan fingerprint density at radius 1 is 1.12 bits per heavy atom. The molecule has 0 amide bonds. The van der Waals surface area contributed by atoms with Gasteiger partial charge in [0, 0.05) is 11.8 Å². The third-order valence-electron chi connectivity index (χ3n) is 4.14. The van der Waals surface area contributed by atoms with Crippen molar-refractivity contribution >= 4 is 11.8 Å². The zero-order valence-electron chi connectivity index (χ0n) is 13.4. The monoisotopic (exact) mass is 339 g/mol. The van der Waals surface area contributed by atoms with Gasteiger partial charge in [0.05, 0.1) is 5.56 Å². The molecule has 0 aliphatic heterocycles. The summed E-state index contributed by atoms with van der Waals surface area (Å²) in [5, 5.41) is 9.50. The summed E-state index contributed by atoms with van der Waals surface area (Å²) in [5.74, 6) is 1.23. The molecule has 24 heavy (non-hydrogen) atoms. The van der Waals surface area contributed by atoms with Crippen molar-refractivity contribution in [3.63, 3.8) is 0 Å². The average Bonchev–Trinajstić information content (AvgIpc) is 3.33. The van der Waals surface area contributed by atoms with Gasteiger partial charge in [0.1, 0.15) is 5.82 Å². The Kier molecular flexibility index (Phi) is 4.10. The third kappa shape index (κ3) is 3.08. The summed E-state index contributed by atoms with van der Waals surface area (Å²) in [5.41, 5.74) is 3.04. The van der Waals surface area contributed by atoms with Crippen molar-refractivity contribution in [2.24, 2.45) is 0 Å². The van der Waals surface area contributed by atoms with E-state index in [9.17, 15) is 4.39 Å². The van der Waals surface area contributed by atoms with Gasteiger partial charge in [0.2, 0.25) is 0 Å². The van der Waals surface area contributed by atoms with Crippen LogP contribution in [0.25, 0.3) is 11.4 Å². The third-order valence-corrected chi connectivity index (χ3v) is 5.16. The largest absolute Gasteiger partial charge is 0.299 e. The van der Waals surface area contributed by atoms with Gasteiger partial charge in [-0.1, -0.05) is 53.7 Å². The van der Waals surface area contributed by atoms with Gasteiger partial charge in [-0.3, -0.25) is 4.57 Å². The summed E-state index contributed by atoms with van der Waals surface area (Å²) in [7, 11) is 0. The van der Waals surface area contributed by atoms with Crippen LogP contribution in [-0.4, -0.2) is 14.8 Å². The molecule has 0 N–H and O–H groups in total. The molecule has 3 aromatic rings. The zero-order chi connectivity index (χ0) is 16.5. The van der Waals surface area contributed by atoms with Gasteiger partial charge in [0.25, 0.3) is 0 Å². The molecular weight excluding hydrogens is 321 g/mol. The molecule has 0 unspecified atom stereocenters. The molecule has 1 aliphatic rings. The van der Waals surface area contributed by atoms with Gasteiger partial charge < -0.3 is 0 Å². The van der Waals surface area contributed by atoms with Crippen LogP contribution in [0.2, 0.25) is 0 Å². The molecule has 2 aromatic carbocycles. The number of benzene rings is 2. The van der Waals surface area contributed by atoms with Crippen LogP contribution in [0.5, 0.6) is 0 Å². The first-order valence-corrected chi connectivity index (χ1v) is 9.09. The lowest BCUT2D eigenvalue weighted by Gasteiger charge is -2.09. The fourth-order valence-electron chi connectivity index (χ4n) is 2.81. The molecule has 0 atom stereocenters. The first-order chi connectivity index (χ1) is 11.7. The number of rotatable bonds is 5. The van der Waals surface area contributed by atoms with E-state index in [4.69, 9.17) is 0 Å². The molecule has 5 heteroatoms. The van der Waals surface area contributed by atoms with E-state index in [0.29, 0.717) is 17.4 Å². The quantitative estimate of drug-likeness (QED) is 0.612. The van der Waals surface area contributed by atoms with Gasteiger partial charge in [-0.15, -0.1) is 10.2 Å². The molecule has 0 spiro atoms. The van der Waals surface area contributed by atoms with Crippen LogP contribution in [-0.2, 0) is 5.75 Å². The highest BCUT2D eigenvalue weighted by Gasteiger charge is 2.30. The molecule has 1 fully saturated rings. The summed E-state index contributed by atoms with van der Waals surface area (Å²) in [6.45, 7) is 2.09. The van der Waals surface area contributed by atoms with E-state index in [1.807, 2.05) is 6.07 Å². The molecule has 1 heterocycles. The molecule has 0 saturated heterocycles. The lowest BCUT2D eigenvalue weighted by molar-refractivity contribution is 0.622. The van der Waals surface area contributed by atoms with E-state index in [1.54, 1.807) is 23.9 Å². The summed E-state index contributed by atoms with van der Waals surface area (Å²) < 4.78 is 16.3. The van der Waals surface area contributed by atoms with E-state index >= 15 is 0 Å². The SMILES string of the molecule is Cc1cccc(CSc2nnc(-c3ccccc3F)n2C2CC2)c1. The Morgan fingerprint density at radius 3 is 2.71 bits per heavy atom. The maximum Gasteiger partial charge on any atom is 0.192 e. The van der Waals surface area contributed by atoms with Gasteiger partial charge in [-0.25, -0.2) is 4.39 Å². The van der Waals surface area contributed by atoms with Crippen LogP contribution in [0.15, 0.2) is 53.7 Å². The highest BCUT2D eigenvalue weighted by atomic mass is 32.2. The van der Waals surface area contributed by atoms with E-state index < -0.39 is 0 Å². The minimum atomic E-state index is -0.248. The number of thioether (sulfide) groups is 1. The lowest BCUT2D eigenvalue weighted by Crippen LogP contribution is -2.01. The highest BCUT2D eigenvalue weighted by molar-refractivity contribution is 7.98. The van der Waals surface area contributed by atoms with Crippen LogP contribution in [0.1, 0.15) is 30.0 Å². The second-order valence-corrected chi connectivity index (χ2v) is 7.11. The first kappa shape index (κ1) is 15.4. The average molecular weight is 339 g/mol. The van der Waals surface area contributed by atoms with Gasteiger partial charge in [-0.2, -0.15) is 0 Å². The fraction of sp³-hybridized carbons (Fsp3) is 0.263. The summed E-state index contributed by atoms with van der Waals surface area (Å²) in [4.78, 5) is 0. The Labute approximate surface area is 144 Å². The molecule has 1 saturated carbocycles. The number of hydrogen-bond donors (Lipinski definition) is 0. The van der Waals surface area contributed by atoms with Crippen LogP contribution in [0.3, 0.4) is 0 Å². The molecular formula is C19H18FN3S. The standard InChI is InChI=1S/C19H18FN3S/c1-13-5-4-6-14(11-13)12-24-19-22-21-18(23(19)15-9-10-15)16-7-2-3-8-17(16)20/h2-8,11,15H,9-10,12H2,1H3. The van der Waals surface area contributed by atoms with E-state index in [1.165, 1.54) is 17.2 Å². The van der Waals surface area contributed by atoms with Crippen LogP contribution in [0.4, 0.5) is 4.39 Å². The second kappa shape index (κ2) is 6.40. The summed E-state index contributed by atoms with van der Waals surface area (Å²) >= 11 is 1.67. The first-order valence-electron chi connectivity index (χ1n) is 8.10. The van der Waals surface area contributed by atoms with Crippen molar-refractivity contribution in [3.05, 3.63) is 65.5 Å². The number of nitrogens with zero attached hydrogens (tertiary/aromatic N) is 3. The highest BCUT2D eigenvalue weighted by Crippen LogP contribution is 2.41. The molecule has 122 valence electrons. The number of hydrogen-bond acceptors (Lipinski definition) is 3. The van der Waals surface area contributed by atoms with Crippen molar-refractivity contribution in [2.45, 2.75) is 36.7 Å². The topological polar surface area (TPSA) is 30.7 Å². The van der Waals surface area contributed by atoms with E-state index in [0.717, 1.165) is 23.8 Å². The van der Waals surface area contributed by atoms with Crippen LogP contribution in [0, 0.1) is 12.7 Å². The van der Waals surface area contributed by atoms with E-state index in [-0.39, 0.29) is 5.82 Å². The molecule has 0 bridgehead atoms. The predicted molar refractivity (Wildman–Crippen MR) is 94.4 cm³/mol. The molecule has 3 nitrogen and oxygen atoms in total. The second-order valence-electron chi connectivity index (χ2n) is 6.16.